The van der Waals surface area contributed by atoms with Crippen LogP contribution in [0.1, 0.15) is 57.4 Å². The number of rotatable bonds is 6. The van der Waals surface area contributed by atoms with Crippen LogP contribution in [0.25, 0.3) is 0 Å². The summed E-state index contributed by atoms with van der Waals surface area (Å²) in [6.45, 7) is 11.6. The van der Waals surface area contributed by atoms with Gasteiger partial charge in [-0.2, -0.15) is 17.0 Å². The highest BCUT2D eigenvalue weighted by Gasteiger charge is 2.32. The molecule has 32 heavy (non-hydrogen) atoms. The molecule has 7 heteroatoms. The fourth-order valence-electron chi connectivity index (χ4n) is 3.89. The van der Waals surface area contributed by atoms with E-state index in [4.69, 9.17) is 5.26 Å². The number of halogens is 1. The van der Waals surface area contributed by atoms with Crippen molar-refractivity contribution in [2.75, 3.05) is 23.7 Å². The van der Waals surface area contributed by atoms with Crippen molar-refractivity contribution in [2.24, 2.45) is 0 Å². The molecule has 0 N–H and O–H groups in total. The number of anilines is 1. The van der Waals surface area contributed by atoms with Crippen LogP contribution in [0.3, 0.4) is 0 Å². The smallest absolute Gasteiger partial charge is 0.223 e. The molecular formula is C25H33FN4OS. The molecule has 1 fully saturated rings. The van der Waals surface area contributed by atoms with Gasteiger partial charge in [0.25, 0.3) is 0 Å². The summed E-state index contributed by atoms with van der Waals surface area (Å²) in [5, 5.41) is 9.17. The van der Waals surface area contributed by atoms with E-state index in [1.54, 1.807) is 36.2 Å². The zero-order valence-corrected chi connectivity index (χ0v) is 20.4. The quantitative estimate of drug-likeness (QED) is 0.580. The average Bonchev–Trinajstić information content (AvgIpc) is 2.80. The average molecular weight is 457 g/mol. The fourth-order valence-corrected chi connectivity index (χ4v) is 4.89. The van der Waals surface area contributed by atoms with Gasteiger partial charge in [0.1, 0.15) is 17.7 Å². The zero-order chi connectivity index (χ0) is 23.7. The number of pyridine rings is 1. The van der Waals surface area contributed by atoms with Crippen LogP contribution in [0, 0.1) is 17.1 Å². The lowest BCUT2D eigenvalue weighted by Gasteiger charge is -2.45. The summed E-state index contributed by atoms with van der Waals surface area (Å²) in [7, 11) is 0. The van der Waals surface area contributed by atoms with Gasteiger partial charge in [-0.1, -0.05) is 26.0 Å². The summed E-state index contributed by atoms with van der Waals surface area (Å²) in [4.78, 5) is 21.4. The van der Waals surface area contributed by atoms with Crippen molar-refractivity contribution in [1.82, 2.24) is 9.88 Å². The van der Waals surface area contributed by atoms with Crippen molar-refractivity contribution in [2.45, 2.75) is 58.4 Å². The van der Waals surface area contributed by atoms with Crippen molar-refractivity contribution >= 4 is 23.5 Å². The third-order valence-corrected chi connectivity index (χ3v) is 6.65. The van der Waals surface area contributed by atoms with E-state index < -0.39 is 0 Å². The minimum atomic E-state index is -0.232. The van der Waals surface area contributed by atoms with Gasteiger partial charge in [0.15, 0.2) is 0 Å². The highest BCUT2D eigenvalue weighted by molar-refractivity contribution is 7.99. The Morgan fingerprint density at radius 2 is 1.81 bits per heavy atom. The number of hydrogen-bond donors (Lipinski definition) is 0. The zero-order valence-electron chi connectivity index (χ0n) is 19.6. The molecule has 0 bridgehead atoms. The number of carbonyl (C=O) groups is 1. The molecule has 1 aromatic heterocycles. The van der Waals surface area contributed by atoms with Crippen LogP contribution in [0.4, 0.5) is 10.2 Å². The summed E-state index contributed by atoms with van der Waals surface area (Å²) < 4.78 is 13.1. The number of piperazine rings is 1. The first-order valence-electron chi connectivity index (χ1n) is 11.2. The maximum atomic E-state index is 13.1. The minimum absolute atomic E-state index is 0.143. The van der Waals surface area contributed by atoms with Crippen molar-refractivity contribution < 1.29 is 9.18 Å². The molecule has 1 aromatic carbocycles. The number of thioether (sulfide) groups is 1. The number of amides is 1. The lowest BCUT2D eigenvalue weighted by atomic mass is 10.1. The molecule has 172 valence electrons. The maximum Gasteiger partial charge on any atom is 0.223 e. The van der Waals surface area contributed by atoms with E-state index in [0.29, 0.717) is 25.1 Å². The second-order valence-corrected chi connectivity index (χ2v) is 9.18. The van der Waals surface area contributed by atoms with Gasteiger partial charge in [0.05, 0.1) is 5.56 Å². The Balaban J connectivity index is 0.00000176. The van der Waals surface area contributed by atoms with Gasteiger partial charge in [-0.25, -0.2) is 9.37 Å². The Bertz CT molecular complexity index is 886. The Morgan fingerprint density at radius 3 is 2.34 bits per heavy atom. The standard InChI is InChI=1S/C23H27FN4OS.C2H6/c1-16-14-27(15-17(2)28(16)22-9-4-19(12-25)13-26-22)23(29)10-11-30-18(3)20-5-7-21(24)8-6-20;1-2/h4-9,13,16-18H,10-11,14-15H2,1-3H3;1-2H3. The van der Waals surface area contributed by atoms with E-state index in [1.165, 1.54) is 12.1 Å². The number of hydrogen-bond acceptors (Lipinski definition) is 5. The Morgan fingerprint density at radius 1 is 1.19 bits per heavy atom. The first kappa shape index (κ1) is 25.7. The normalized spacial score (nSPS) is 18.9. The van der Waals surface area contributed by atoms with E-state index in [2.05, 4.69) is 36.7 Å². The van der Waals surface area contributed by atoms with E-state index in [-0.39, 0.29) is 29.1 Å². The molecule has 0 saturated carbocycles. The van der Waals surface area contributed by atoms with Crippen LogP contribution >= 0.6 is 11.8 Å². The predicted octanol–water partition coefficient (Wildman–Crippen LogP) is 5.43. The molecule has 3 rings (SSSR count). The van der Waals surface area contributed by atoms with E-state index in [1.807, 2.05) is 24.8 Å². The molecule has 1 saturated heterocycles. The Labute approximate surface area is 195 Å². The van der Waals surface area contributed by atoms with Crippen molar-refractivity contribution in [1.29, 1.82) is 5.26 Å². The van der Waals surface area contributed by atoms with Gasteiger partial charge in [-0.3, -0.25) is 4.79 Å². The van der Waals surface area contributed by atoms with Crippen LogP contribution in [0.5, 0.6) is 0 Å². The van der Waals surface area contributed by atoms with E-state index >= 15 is 0 Å². The number of carbonyl (C=O) groups excluding carboxylic acids is 1. The van der Waals surface area contributed by atoms with Crippen LogP contribution < -0.4 is 4.90 Å². The summed E-state index contributed by atoms with van der Waals surface area (Å²) in [5.41, 5.74) is 1.61. The summed E-state index contributed by atoms with van der Waals surface area (Å²) >= 11 is 1.71. The highest BCUT2D eigenvalue weighted by Crippen LogP contribution is 2.29. The molecule has 2 heterocycles. The summed E-state index contributed by atoms with van der Waals surface area (Å²) in [6.07, 6.45) is 2.08. The van der Waals surface area contributed by atoms with Crippen LogP contribution in [-0.4, -0.2) is 46.7 Å². The largest absolute Gasteiger partial charge is 0.348 e. The van der Waals surface area contributed by atoms with Crippen molar-refractivity contribution in [3.05, 3.63) is 59.5 Å². The molecule has 5 nitrogen and oxygen atoms in total. The molecule has 1 amide bonds. The molecule has 0 spiro atoms. The van der Waals surface area contributed by atoms with Gasteiger partial charge in [0, 0.05) is 48.8 Å². The van der Waals surface area contributed by atoms with Crippen molar-refractivity contribution in [3.63, 3.8) is 0 Å². The third kappa shape index (κ3) is 6.70. The maximum absolute atomic E-state index is 13.1. The lowest BCUT2D eigenvalue weighted by molar-refractivity contribution is -0.132. The van der Waals surface area contributed by atoms with E-state index in [9.17, 15) is 9.18 Å². The SMILES string of the molecule is CC.CC(SCCC(=O)N1CC(C)N(c2ccc(C#N)cn2)C(C)C1)c1ccc(F)cc1. The molecule has 3 unspecified atom stereocenters. The molecule has 3 atom stereocenters. The molecular weight excluding hydrogens is 423 g/mol. The topological polar surface area (TPSA) is 60.2 Å². The second kappa shape index (κ2) is 12.4. The van der Waals surface area contributed by atoms with E-state index in [0.717, 1.165) is 17.1 Å². The summed E-state index contributed by atoms with van der Waals surface area (Å²) in [6, 6.07) is 12.6. The first-order chi connectivity index (χ1) is 15.4. The van der Waals surface area contributed by atoms with Gasteiger partial charge >= 0.3 is 0 Å². The minimum Gasteiger partial charge on any atom is -0.348 e. The number of nitrogens with zero attached hydrogens (tertiary/aromatic N) is 4. The number of aromatic nitrogens is 1. The van der Waals surface area contributed by atoms with Gasteiger partial charge in [-0.05, 0) is 50.6 Å². The molecule has 1 aliphatic heterocycles. The third-order valence-electron chi connectivity index (χ3n) is 5.44. The fraction of sp³-hybridized carbons (Fsp3) is 0.480. The predicted molar refractivity (Wildman–Crippen MR) is 130 cm³/mol. The van der Waals surface area contributed by atoms with Crippen LogP contribution in [0.15, 0.2) is 42.6 Å². The molecule has 2 aromatic rings. The highest BCUT2D eigenvalue weighted by atomic mass is 32.2. The summed E-state index contributed by atoms with van der Waals surface area (Å²) in [5.74, 6) is 1.51. The Hall–Kier alpha value is -2.59. The van der Waals surface area contributed by atoms with Gasteiger partial charge < -0.3 is 9.80 Å². The van der Waals surface area contributed by atoms with Crippen LogP contribution in [0.2, 0.25) is 0 Å². The van der Waals surface area contributed by atoms with Crippen molar-refractivity contribution in [3.8, 4) is 6.07 Å². The number of benzene rings is 1. The van der Waals surface area contributed by atoms with Gasteiger partial charge in [0.2, 0.25) is 5.91 Å². The Kier molecular flexibility index (Phi) is 9.98. The van der Waals surface area contributed by atoms with Gasteiger partial charge in [-0.15, -0.1) is 0 Å². The first-order valence-corrected chi connectivity index (χ1v) is 12.2. The molecule has 1 aliphatic rings. The number of nitriles is 1. The second-order valence-electron chi connectivity index (χ2n) is 7.74. The van der Waals surface area contributed by atoms with Crippen LogP contribution in [-0.2, 0) is 4.79 Å². The monoisotopic (exact) mass is 456 g/mol. The molecule has 0 radical (unpaired) electrons. The lowest BCUT2D eigenvalue weighted by Crippen LogP contribution is -2.58. The molecule has 0 aliphatic carbocycles.